The topological polar surface area (TPSA) is 76.1 Å². The molecule has 1 aliphatic rings. The zero-order valence-electron chi connectivity index (χ0n) is 19.0. The molecule has 1 heterocycles. The molecule has 4 rings (SSSR count). The molecule has 170 valence electrons. The molecule has 0 spiro atoms. The van der Waals surface area contributed by atoms with Gasteiger partial charge in [0.2, 0.25) is 0 Å². The molecular formula is C27H27NO5. The first-order valence-electron chi connectivity index (χ1n) is 10.9. The zero-order chi connectivity index (χ0) is 23.6. The molecule has 0 atom stereocenters. The van der Waals surface area contributed by atoms with Crippen molar-refractivity contribution in [2.45, 2.75) is 39.3 Å². The third-order valence-electron chi connectivity index (χ3n) is 5.76. The van der Waals surface area contributed by atoms with E-state index in [2.05, 4.69) is 12.1 Å². The van der Waals surface area contributed by atoms with Crippen molar-refractivity contribution in [2.24, 2.45) is 0 Å². The van der Waals surface area contributed by atoms with Crippen LogP contribution in [0.15, 0.2) is 66.7 Å². The van der Waals surface area contributed by atoms with E-state index in [1.807, 2.05) is 24.0 Å². The standard InChI is InChI=1S/C27H27NO5/c1-18-15-23(11-12-24(18)33-27(2,3)26(30)31)32-22-10-6-9-20(16-22)25(29)28-14-13-19-7-4-5-8-21(19)17-28/h4-12,15-16H,13-14,17H2,1-3H3,(H,30,31). The summed E-state index contributed by atoms with van der Waals surface area (Å²) in [6.45, 7) is 6.13. The van der Waals surface area contributed by atoms with Crippen molar-refractivity contribution in [1.82, 2.24) is 4.90 Å². The summed E-state index contributed by atoms with van der Waals surface area (Å²) in [6.07, 6.45) is 0.852. The van der Waals surface area contributed by atoms with Crippen molar-refractivity contribution >= 4 is 11.9 Å². The second kappa shape index (κ2) is 8.98. The second-order valence-electron chi connectivity index (χ2n) is 8.72. The maximum absolute atomic E-state index is 13.1. The van der Waals surface area contributed by atoms with Crippen LogP contribution < -0.4 is 9.47 Å². The zero-order valence-corrected chi connectivity index (χ0v) is 19.0. The van der Waals surface area contributed by atoms with Crippen molar-refractivity contribution in [1.29, 1.82) is 0 Å². The van der Waals surface area contributed by atoms with Crippen LogP contribution in [0, 0.1) is 6.92 Å². The normalized spacial score (nSPS) is 13.2. The summed E-state index contributed by atoms with van der Waals surface area (Å²) in [4.78, 5) is 26.3. The van der Waals surface area contributed by atoms with Crippen molar-refractivity contribution in [3.8, 4) is 17.2 Å². The van der Waals surface area contributed by atoms with E-state index in [0.717, 1.165) is 12.0 Å². The minimum Gasteiger partial charge on any atom is -0.478 e. The number of aryl methyl sites for hydroxylation is 1. The molecule has 0 fully saturated rings. The summed E-state index contributed by atoms with van der Waals surface area (Å²) < 4.78 is 11.6. The van der Waals surface area contributed by atoms with Gasteiger partial charge < -0.3 is 19.5 Å². The van der Waals surface area contributed by atoms with Crippen molar-refractivity contribution in [3.05, 3.63) is 89.0 Å². The van der Waals surface area contributed by atoms with Crippen LogP contribution in [0.3, 0.4) is 0 Å². The summed E-state index contributed by atoms with van der Waals surface area (Å²) in [5.41, 5.74) is 2.48. The molecule has 0 bridgehead atoms. The van der Waals surface area contributed by atoms with E-state index in [9.17, 15) is 14.7 Å². The number of hydrogen-bond donors (Lipinski definition) is 1. The van der Waals surface area contributed by atoms with E-state index in [1.54, 1.807) is 42.5 Å². The quantitative estimate of drug-likeness (QED) is 0.562. The smallest absolute Gasteiger partial charge is 0.347 e. The number of hydrogen-bond acceptors (Lipinski definition) is 4. The van der Waals surface area contributed by atoms with Crippen LogP contribution in [0.2, 0.25) is 0 Å². The van der Waals surface area contributed by atoms with Gasteiger partial charge in [-0.2, -0.15) is 0 Å². The Morgan fingerprint density at radius 3 is 2.39 bits per heavy atom. The van der Waals surface area contributed by atoms with Gasteiger partial charge in [-0.15, -0.1) is 0 Å². The molecule has 1 amide bonds. The highest BCUT2D eigenvalue weighted by Gasteiger charge is 2.30. The van der Waals surface area contributed by atoms with Crippen LogP contribution in [0.4, 0.5) is 0 Å². The Balaban J connectivity index is 1.47. The lowest BCUT2D eigenvalue weighted by molar-refractivity contribution is -0.152. The molecule has 6 nitrogen and oxygen atoms in total. The minimum atomic E-state index is -1.34. The molecule has 0 saturated heterocycles. The van der Waals surface area contributed by atoms with Crippen LogP contribution in [-0.4, -0.2) is 34.0 Å². The average molecular weight is 446 g/mol. The van der Waals surface area contributed by atoms with Crippen molar-refractivity contribution < 1.29 is 24.2 Å². The number of nitrogens with zero attached hydrogens (tertiary/aromatic N) is 1. The lowest BCUT2D eigenvalue weighted by Gasteiger charge is -2.29. The number of carbonyl (C=O) groups excluding carboxylic acids is 1. The Bertz CT molecular complexity index is 1200. The largest absolute Gasteiger partial charge is 0.478 e. The molecule has 6 heteroatoms. The number of carbonyl (C=O) groups is 2. The van der Waals surface area contributed by atoms with E-state index >= 15 is 0 Å². The Labute approximate surface area is 193 Å². The maximum Gasteiger partial charge on any atom is 0.347 e. The highest BCUT2D eigenvalue weighted by molar-refractivity contribution is 5.94. The van der Waals surface area contributed by atoms with Crippen LogP contribution in [-0.2, 0) is 17.8 Å². The minimum absolute atomic E-state index is 0.0224. The van der Waals surface area contributed by atoms with Gasteiger partial charge in [0, 0.05) is 18.7 Å². The Hall–Kier alpha value is -3.80. The van der Waals surface area contributed by atoms with Gasteiger partial charge in [-0.25, -0.2) is 4.79 Å². The van der Waals surface area contributed by atoms with Crippen molar-refractivity contribution in [2.75, 3.05) is 6.54 Å². The SMILES string of the molecule is Cc1cc(Oc2cccc(C(=O)N3CCc4ccccc4C3)c2)ccc1OC(C)(C)C(=O)O. The average Bonchev–Trinajstić information content (AvgIpc) is 2.80. The van der Waals surface area contributed by atoms with E-state index in [4.69, 9.17) is 9.47 Å². The highest BCUT2D eigenvalue weighted by Crippen LogP contribution is 2.30. The van der Waals surface area contributed by atoms with Crippen LogP contribution >= 0.6 is 0 Å². The van der Waals surface area contributed by atoms with Crippen LogP contribution in [0.1, 0.15) is 40.9 Å². The summed E-state index contributed by atoms with van der Waals surface area (Å²) >= 11 is 0. The molecular weight excluding hydrogens is 418 g/mol. The summed E-state index contributed by atoms with van der Waals surface area (Å²) in [6, 6.07) is 20.6. The number of benzene rings is 3. The molecule has 1 N–H and O–H groups in total. The predicted octanol–water partition coefficient (Wildman–Crippen LogP) is 5.23. The van der Waals surface area contributed by atoms with Gasteiger partial charge in [0.25, 0.3) is 5.91 Å². The van der Waals surface area contributed by atoms with E-state index in [-0.39, 0.29) is 5.91 Å². The van der Waals surface area contributed by atoms with Gasteiger partial charge in [-0.3, -0.25) is 4.79 Å². The Morgan fingerprint density at radius 1 is 0.939 bits per heavy atom. The van der Waals surface area contributed by atoms with Gasteiger partial charge in [0.15, 0.2) is 5.60 Å². The molecule has 0 aromatic heterocycles. The fourth-order valence-electron chi connectivity index (χ4n) is 3.80. The van der Waals surface area contributed by atoms with Gasteiger partial charge >= 0.3 is 5.97 Å². The number of rotatable bonds is 6. The molecule has 3 aromatic carbocycles. The predicted molar refractivity (Wildman–Crippen MR) is 125 cm³/mol. The third-order valence-corrected chi connectivity index (χ3v) is 5.76. The third kappa shape index (κ3) is 5.00. The molecule has 1 aliphatic heterocycles. The Morgan fingerprint density at radius 2 is 1.67 bits per heavy atom. The first-order valence-corrected chi connectivity index (χ1v) is 10.9. The monoisotopic (exact) mass is 445 g/mol. The summed E-state index contributed by atoms with van der Waals surface area (Å²) in [7, 11) is 0. The number of aliphatic carboxylic acids is 1. The van der Waals surface area contributed by atoms with Gasteiger partial charge in [-0.05, 0) is 80.3 Å². The van der Waals surface area contributed by atoms with E-state index in [0.29, 0.717) is 35.9 Å². The highest BCUT2D eigenvalue weighted by atomic mass is 16.5. The Kier molecular flexibility index (Phi) is 6.09. The lowest BCUT2D eigenvalue weighted by Crippen LogP contribution is -2.38. The summed E-state index contributed by atoms with van der Waals surface area (Å²) in [5, 5.41) is 9.28. The fraction of sp³-hybridized carbons (Fsp3) is 0.259. The van der Waals surface area contributed by atoms with Gasteiger partial charge in [0.05, 0.1) is 0 Å². The second-order valence-corrected chi connectivity index (χ2v) is 8.72. The number of carboxylic acid groups (broad SMARTS) is 1. The van der Waals surface area contributed by atoms with E-state index < -0.39 is 11.6 Å². The molecule has 0 unspecified atom stereocenters. The molecule has 33 heavy (non-hydrogen) atoms. The van der Waals surface area contributed by atoms with Crippen molar-refractivity contribution in [3.63, 3.8) is 0 Å². The fourth-order valence-corrected chi connectivity index (χ4v) is 3.80. The van der Waals surface area contributed by atoms with Gasteiger partial charge in [0.1, 0.15) is 17.2 Å². The number of carboxylic acids is 1. The number of amides is 1. The molecule has 0 saturated carbocycles. The molecule has 3 aromatic rings. The summed E-state index contributed by atoms with van der Waals surface area (Å²) in [5.74, 6) is 0.539. The first-order chi connectivity index (χ1) is 15.7. The van der Waals surface area contributed by atoms with Crippen LogP contribution in [0.5, 0.6) is 17.2 Å². The molecule has 0 aliphatic carbocycles. The number of fused-ring (bicyclic) bond motifs is 1. The van der Waals surface area contributed by atoms with E-state index in [1.165, 1.54) is 25.0 Å². The lowest BCUT2D eigenvalue weighted by atomic mass is 9.99. The maximum atomic E-state index is 13.1. The van der Waals surface area contributed by atoms with Crippen LogP contribution in [0.25, 0.3) is 0 Å². The number of ether oxygens (including phenoxy) is 2. The molecule has 0 radical (unpaired) electrons. The first kappa shape index (κ1) is 22.4. The van der Waals surface area contributed by atoms with Gasteiger partial charge in [-0.1, -0.05) is 30.3 Å².